The smallest absolute Gasteiger partial charge is 0.248 e. The van der Waals surface area contributed by atoms with Crippen molar-refractivity contribution in [2.24, 2.45) is 0 Å². The molecule has 0 bridgehead atoms. The van der Waals surface area contributed by atoms with Crippen molar-refractivity contribution >= 4 is 0 Å². The minimum absolute atomic E-state index is 1.73. The van der Waals surface area contributed by atoms with E-state index in [1.807, 2.05) is 34.3 Å². The van der Waals surface area contributed by atoms with Crippen LogP contribution in [0.3, 0.4) is 0 Å². The standard InChI is InChI=1S/C6H6N4/c1-3-9(5-7-1)10-4-2-8-6-10/h1-6H/p+1. The molecule has 2 aromatic heterocycles. The zero-order valence-electron chi connectivity index (χ0n) is 5.31. The van der Waals surface area contributed by atoms with Gasteiger partial charge in [0.25, 0.3) is 6.33 Å². The van der Waals surface area contributed by atoms with Gasteiger partial charge in [-0.2, -0.15) is 4.68 Å². The summed E-state index contributed by atoms with van der Waals surface area (Å²) >= 11 is 0. The summed E-state index contributed by atoms with van der Waals surface area (Å²) in [6, 6.07) is 0. The first-order valence-corrected chi connectivity index (χ1v) is 2.99. The first-order chi connectivity index (χ1) is 4.97. The molecule has 0 aliphatic heterocycles. The Labute approximate surface area is 57.7 Å². The maximum absolute atomic E-state index is 3.91. The maximum atomic E-state index is 3.91. The van der Waals surface area contributed by atoms with Gasteiger partial charge in [0.1, 0.15) is 12.5 Å². The summed E-state index contributed by atoms with van der Waals surface area (Å²) in [6.07, 6.45) is 10.9. The molecular weight excluding hydrogens is 128 g/mol. The lowest BCUT2D eigenvalue weighted by Crippen LogP contribution is -2.37. The van der Waals surface area contributed by atoms with E-state index in [-0.39, 0.29) is 0 Å². The van der Waals surface area contributed by atoms with Crippen LogP contribution < -0.4 is 4.68 Å². The van der Waals surface area contributed by atoms with Crippen LogP contribution in [0.15, 0.2) is 37.4 Å². The Bertz CT molecular complexity index is 249. The lowest BCUT2D eigenvalue weighted by atomic mass is 10.9. The fourth-order valence-electron chi connectivity index (χ4n) is 0.814. The van der Waals surface area contributed by atoms with Crippen LogP contribution in [0.4, 0.5) is 0 Å². The number of imidazole rings is 2. The second-order valence-corrected chi connectivity index (χ2v) is 1.93. The summed E-state index contributed by atoms with van der Waals surface area (Å²) in [4.78, 5) is 6.84. The molecule has 2 heterocycles. The van der Waals surface area contributed by atoms with Gasteiger partial charge in [0.15, 0.2) is 6.20 Å². The number of nitrogens with zero attached hydrogens (tertiary/aromatic N) is 3. The Morgan fingerprint density at radius 2 is 2.50 bits per heavy atom. The number of hydrogen-bond donors (Lipinski definition) is 1. The molecule has 0 radical (unpaired) electrons. The third-order valence-electron chi connectivity index (χ3n) is 1.29. The van der Waals surface area contributed by atoms with Gasteiger partial charge in [0.2, 0.25) is 0 Å². The molecule has 1 N–H and O–H groups in total. The second kappa shape index (κ2) is 1.98. The summed E-state index contributed by atoms with van der Waals surface area (Å²) in [6.45, 7) is 0. The van der Waals surface area contributed by atoms with E-state index < -0.39 is 0 Å². The quantitative estimate of drug-likeness (QED) is 0.541. The molecule has 0 aromatic carbocycles. The summed E-state index contributed by atoms with van der Waals surface area (Å²) in [5.74, 6) is 0. The minimum atomic E-state index is 1.73. The van der Waals surface area contributed by atoms with Crippen LogP contribution in [0.2, 0.25) is 0 Å². The number of aromatic nitrogens is 4. The first kappa shape index (κ1) is 5.22. The topological polar surface area (TPSA) is 37.5 Å². The number of aromatic amines is 1. The van der Waals surface area contributed by atoms with Crippen LogP contribution in [0.25, 0.3) is 0 Å². The van der Waals surface area contributed by atoms with Crippen LogP contribution in [0.5, 0.6) is 0 Å². The number of hydrogen-bond acceptors (Lipinski definition) is 1. The van der Waals surface area contributed by atoms with Gasteiger partial charge in [0, 0.05) is 6.20 Å². The highest BCUT2D eigenvalue weighted by Crippen LogP contribution is 1.77. The van der Waals surface area contributed by atoms with Crippen molar-refractivity contribution in [3.8, 4) is 0 Å². The van der Waals surface area contributed by atoms with E-state index in [1.54, 1.807) is 12.5 Å². The molecule has 50 valence electrons. The van der Waals surface area contributed by atoms with Crippen LogP contribution in [-0.2, 0) is 0 Å². The Morgan fingerprint density at radius 1 is 1.50 bits per heavy atom. The van der Waals surface area contributed by atoms with Crippen molar-refractivity contribution in [2.75, 3.05) is 0 Å². The fraction of sp³-hybridized carbons (Fsp3) is 0. The molecule has 10 heavy (non-hydrogen) atoms. The summed E-state index contributed by atoms with van der Waals surface area (Å²) < 4.78 is 3.74. The Morgan fingerprint density at radius 3 is 3.10 bits per heavy atom. The normalized spacial score (nSPS) is 10.0. The van der Waals surface area contributed by atoms with E-state index in [4.69, 9.17) is 0 Å². The van der Waals surface area contributed by atoms with Crippen molar-refractivity contribution < 1.29 is 4.68 Å². The van der Waals surface area contributed by atoms with Crippen molar-refractivity contribution in [2.45, 2.75) is 0 Å². The number of rotatable bonds is 1. The molecule has 2 rings (SSSR count). The van der Waals surface area contributed by atoms with Crippen LogP contribution >= 0.6 is 0 Å². The van der Waals surface area contributed by atoms with E-state index in [0.29, 0.717) is 0 Å². The molecule has 0 saturated heterocycles. The van der Waals surface area contributed by atoms with Crippen molar-refractivity contribution in [3.05, 3.63) is 37.4 Å². The van der Waals surface area contributed by atoms with Crippen molar-refractivity contribution in [3.63, 3.8) is 0 Å². The highest BCUT2D eigenvalue weighted by Gasteiger charge is 1.95. The molecule has 4 nitrogen and oxygen atoms in total. The van der Waals surface area contributed by atoms with E-state index in [9.17, 15) is 0 Å². The predicted molar refractivity (Wildman–Crippen MR) is 34.0 cm³/mol. The van der Waals surface area contributed by atoms with Crippen LogP contribution in [0, 0.1) is 0 Å². The average molecular weight is 135 g/mol. The molecule has 0 aliphatic rings. The lowest BCUT2D eigenvalue weighted by Gasteiger charge is -1.89. The molecule has 4 heteroatoms. The molecule has 2 aromatic rings. The van der Waals surface area contributed by atoms with Gasteiger partial charge in [-0.05, 0) is 0 Å². The van der Waals surface area contributed by atoms with E-state index in [0.717, 1.165) is 0 Å². The monoisotopic (exact) mass is 135 g/mol. The molecule has 0 aliphatic carbocycles. The first-order valence-electron chi connectivity index (χ1n) is 2.99. The van der Waals surface area contributed by atoms with Crippen molar-refractivity contribution in [1.82, 2.24) is 14.6 Å². The molecule has 0 unspecified atom stereocenters. The Kier molecular flexibility index (Phi) is 1.04. The molecule has 0 atom stereocenters. The number of nitrogens with one attached hydrogen (secondary N) is 1. The summed E-state index contributed by atoms with van der Waals surface area (Å²) in [7, 11) is 0. The van der Waals surface area contributed by atoms with E-state index >= 15 is 0 Å². The van der Waals surface area contributed by atoms with Crippen molar-refractivity contribution in [1.29, 1.82) is 0 Å². The molecule has 0 fully saturated rings. The zero-order chi connectivity index (χ0) is 6.81. The van der Waals surface area contributed by atoms with Crippen LogP contribution in [0.1, 0.15) is 0 Å². The second-order valence-electron chi connectivity index (χ2n) is 1.93. The van der Waals surface area contributed by atoms with Gasteiger partial charge >= 0.3 is 0 Å². The average Bonchev–Trinajstić information content (AvgIpc) is 2.59. The Hall–Kier alpha value is -1.58. The number of H-pyrrole nitrogens is 1. The lowest BCUT2D eigenvalue weighted by molar-refractivity contribution is -0.726. The van der Waals surface area contributed by atoms with Gasteiger partial charge in [0.05, 0.1) is 6.20 Å². The summed E-state index contributed by atoms with van der Waals surface area (Å²) in [5, 5.41) is 0. The third-order valence-corrected chi connectivity index (χ3v) is 1.29. The fourth-order valence-corrected chi connectivity index (χ4v) is 0.814. The molecular formula is C6H7N4+. The summed E-state index contributed by atoms with van der Waals surface area (Å²) in [5.41, 5.74) is 0. The van der Waals surface area contributed by atoms with Gasteiger partial charge in [-0.3, -0.25) is 0 Å². The minimum Gasteiger partial charge on any atom is -0.248 e. The van der Waals surface area contributed by atoms with Gasteiger partial charge in [-0.1, -0.05) is 0 Å². The third kappa shape index (κ3) is 0.699. The highest BCUT2D eigenvalue weighted by atomic mass is 15.5. The SMILES string of the molecule is c1cn(-[n+]2cc[nH]c2)cn1. The Balaban J connectivity index is 2.48. The van der Waals surface area contributed by atoms with Crippen LogP contribution in [-0.4, -0.2) is 14.6 Å². The molecule has 0 saturated carbocycles. The molecule has 0 spiro atoms. The predicted octanol–water partition coefficient (Wildman–Crippen LogP) is -0.190. The van der Waals surface area contributed by atoms with Gasteiger partial charge < -0.3 is 0 Å². The highest BCUT2D eigenvalue weighted by molar-refractivity contribution is 4.69. The van der Waals surface area contributed by atoms with E-state index in [2.05, 4.69) is 9.97 Å². The van der Waals surface area contributed by atoms with Gasteiger partial charge in [-0.25, -0.2) is 9.97 Å². The largest absolute Gasteiger partial charge is 0.265 e. The maximum Gasteiger partial charge on any atom is 0.265 e. The molecule has 0 amide bonds. The van der Waals surface area contributed by atoms with E-state index in [1.165, 1.54) is 0 Å². The zero-order valence-corrected chi connectivity index (χ0v) is 5.31. The van der Waals surface area contributed by atoms with Gasteiger partial charge in [-0.15, -0.1) is 4.68 Å².